The second-order valence-electron chi connectivity index (χ2n) is 6.04. The first-order chi connectivity index (χ1) is 12.7. The van der Waals surface area contributed by atoms with Crippen LogP contribution in [0.15, 0.2) is 71.8 Å². The van der Waals surface area contributed by atoms with Crippen LogP contribution in [0.4, 0.5) is 5.82 Å². The number of aromatic nitrogens is 2. The molecule has 0 bridgehead atoms. The summed E-state index contributed by atoms with van der Waals surface area (Å²) >= 11 is 0. The zero-order chi connectivity index (χ0) is 18.4. The number of hydrogen-bond donors (Lipinski definition) is 1. The predicted octanol–water partition coefficient (Wildman–Crippen LogP) is 3.85. The van der Waals surface area contributed by atoms with Gasteiger partial charge in [-0.3, -0.25) is 9.36 Å². The van der Waals surface area contributed by atoms with Crippen LogP contribution in [-0.4, -0.2) is 22.7 Å². The average molecular weight is 349 g/mol. The summed E-state index contributed by atoms with van der Waals surface area (Å²) in [6.45, 7) is 5.21. The lowest BCUT2D eigenvalue weighted by molar-refractivity contribution is 0.339. The van der Waals surface area contributed by atoms with Crippen molar-refractivity contribution >= 4 is 5.82 Å². The third-order valence-electron chi connectivity index (χ3n) is 4.21. The Bertz CT molecular complexity index is 906. The second-order valence-corrected chi connectivity index (χ2v) is 6.04. The highest BCUT2D eigenvalue weighted by molar-refractivity contribution is 5.48. The molecule has 0 fully saturated rings. The fourth-order valence-corrected chi connectivity index (χ4v) is 2.81. The molecule has 2 aromatic carbocycles. The Morgan fingerprint density at radius 2 is 1.85 bits per heavy atom. The SMILES string of the molecule is CCOc1ccccc1-n1ccnc(NC[C@@H](C)c2ccccc2)c1=O. The van der Waals surface area contributed by atoms with E-state index < -0.39 is 0 Å². The fourth-order valence-electron chi connectivity index (χ4n) is 2.81. The van der Waals surface area contributed by atoms with Crippen molar-refractivity contribution in [3.63, 3.8) is 0 Å². The number of nitrogens with one attached hydrogen (secondary N) is 1. The normalized spacial score (nSPS) is 11.8. The van der Waals surface area contributed by atoms with Crippen molar-refractivity contribution in [3.05, 3.63) is 82.9 Å². The summed E-state index contributed by atoms with van der Waals surface area (Å²) in [5.74, 6) is 1.27. The molecule has 0 aliphatic rings. The molecule has 1 aromatic heterocycles. The maximum absolute atomic E-state index is 12.9. The van der Waals surface area contributed by atoms with Crippen molar-refractivity contribution in [2.75, 3.05) is 18.5 Å². The van der Waals surface area contributed by atoms with E-state index in [9.17, 15) is 4.79 Å². The molecule has 26 heavy (non-hydrogen) atoms. The van der Waals surface area contributed by atoms with Crippen molar-refractivity contribution < 1.29 is 4.74 Å². The molecule has 5 heteroatoms. The molecule has 1 heterocycles. The third kappa shape index (κ3) is 3.94. The minimum Gasteiger partial charge on any atom is -0.492 e. The van der Waals surface area contributed by atoms with Crippen LogP contribution in [0.1, 0.15) is 25.3 Å². The molecular weight excluding hydrogens is 326 g/mol. The maximum atomic E-state index is 12.9. The smallest absolute Gasteiger partial charge is 0.297 e. The van der Waals surface area contributed by atoms with Gasteiger partial charge in [-0.1, -0.05) is 49.4 Å². The van der Waals surface area contributed by atoms with E-state index in [4.69, 9.17) is 4.74 Å². The molecule has 0 unspecified atom stereocenters. The molecule has 0 radical (unpaired) electrons. The Labute approximate surface area is 153 Å². The highest BCUT2D eigenvalue weighted by Crippen LogP contribution is 2.21. The lowest BCUT2D eigenvalue weighted by Crippen LogP contribution is -2.25. The first-order valence-electron chi connectivity index (χ1n) is 8.79. The molecule has 0 aliphatic heterocycles. The van der Waals surface area contributed by atoms with E-state index in [0.717, 1.165) is 0 Å². The third-order valence-corrected chi connectivity index (χ3v) is 4.21. The molecule has 1 atom stereocenters. The van der Waals surface area contributed by atoms with Crippen molar-refractivity contribution in [2.24, 2.45) is 0 Å². The predicted molar refractivity (Wildman–Crippen MR) is 104 cm³/mol. The summed E-state index contributed by atoms with van der Waals surface area (Å²) in [5, 5.41) is 3.19. The van der Waals surface area contributed by atoms with E-state index in [1.54, 1.807) is 17.0 Å². The van der Waals surface area contributed by atoms with Gasteiger partial charge in [0.05, 0.1) is 12.3 Å². The van der Waals surface area contributed by atoms with Crippen molar-refractivity contribution in [3.8, 4) is 11.4 Å². The van der Waals surface area contributed by atoms with E-state index in [1.807, 2.05) is 49.4 Å². The number of para-hydroxylation sites is 2. The van der Waals surface area contributed by atoms with E-state index in [0.29, 0.717) is 30.4 Å². The molecule has 0 aliphatic carbocycles. The Morgan fingerprint density at radius 3 is 2.62 bits per heavy atom. The lowest BCUT2D eigenvalue weighted by atomic mass is 10.0. The molecule has 134 valence electrons. The van der Waals surface area contributed by atoms with Crippen LogP contribution in [0.25, 0.3) is 5.69 Å². The van der Waals surface area contributed by atoms with Gasteiger partial charge in [0.2, 0.25) is 0 Å². The average Bonchev–Trinajstić information content (AvgIpc) is 2.68. The molecule has 0 spiro atoms. The van der Waals surface area contributed by atoms with Crippen molar-refractivity contribution in [1.29, 1.82) is 0 Å². The van der Waals surface area contributed by atoms with Crippen LogP contribution in [0, 0.1) is 0 Å². The van der Waals surface area contributed by atoms with E-state index in [2.05, 4.69) is 29.4 Å². The number of anilines is 1. The van der Waals surface area contributed by atoms with Gasteiger partial charge >= 0.3 is 0 Å². The maximum Gasteiger partial charge on any atom is 0.297 e. The fraction of sp³-hybridized carbons (Fsp3) is 0.238. The molecular formula is C21H23N3O2. The summed E-state index contributed by atoms with van der Waals surface area (Å²) in [5.41, 5.74) is 1.73. The van der Waals surface area contributed by atoms with Gasteiger partial charge in [-0.15, -0.1) is 0 Å². The zero-order valence-electron chi connectivity index (χ0n) is 15.1. The first-order valence-corrected chi connectivity index (χ1v) is 8.79. The topological polar surface area (TPSA) is 56.1 Å². The summed E-state index contributed by atoms with van der Waals surface area (Å²) in [6, 6.07) is 17.7. The number of ether oxygens (including phenoxy) is 1. The summed E-state index contributed by atoms with van der Waals surface area (Å²) in [4.78, 5) is 17.1. The Kier molecular flexibility index (Phi) is 5.69. The molecule has 3 aromatic rings. The summed E-state index contributed by atoms with van der Waals surface area (Å²) in [7, 11) is 0. The van der Waals surface area contributed by atoms with Gasteiger partial charge in [0.1, 0.15) is 5.75 Å². The Morgan fingerprint density at radius 1 is 1.12 bits per heavy atom. The monoisotopic (exact) mass is 349 g/mol. The largest absolute Gasteiger partial charge is 0.492 e. The van der Waals surface area contributed by atoms with E-state index in [-0.39, 0.29) is 11.5 Å². The van der Waals surface area contributed by atoms with Gasteiger partial charge in [-0.05, 0) is 30.5 Å². The lowest BCUT2D eigenvalue weighted by Gasteiger charge is -2.15. The van der Waals surface area contributed by atoms with Gasteiger partial charge in [0.15, 0.2) is 5.82 Å². The zero-order valence-corrected chi connectivity index (χ0v) is 15.1. The molecule has 1 N–H and O–H groups in total. The molecule has 0 saturated carbocycles. The standard InChI is InChI=1S/C21H23N3O2/c1-3-26-19-12-8-7-11-18(19)24-14-13-22-20(21(24)25)23-15-16(2)17-9-5-4-6-10-17/h4-14,16H,3,15H2,1-2H3,(H,22,23)/t16-/m1/s1. The van der Waals surface area contributed by atoms with Gasteiger partial charge in [-0.2, -0.15) is 0 Å². The van der Waals surface area contributed by atoms with Crippen LogP contribution in [0.2, 0.25) is 0 Å². The number of benzene rings is 2. The molecule has 0 saturated heterocycles. The Hall–Kier alpha value is -3.08. The van der Waals surface area contributed by atoms with Gasteiger partial charge < -0.3 is 10.1 Å². The summed E-state index contributed by atoms with van der Waals surface area (Å²) < 4.78 is 7.20. The minimum atomic E-state index is -0.195. The van der Waals surface area contributed by atoms with Crippen LogP contribution in [0.5, 0.6) is 5.75 Å². The Balaban J connectivity index is 1.83. The molecule has 5 nitrogen and oxygen atoms in total. The quantitative estimate of drug-likeness (QED) is 0.704. The minimum absolute atomic E-state index is 0.195. The first kappa shape index (κ1) is 17.7. The van der Waals surface area contributed by atoms with Crippen molar-refractivity contribution in [2.45, 2.75) is 19.8 Å². The second kappa shape index (κ2) is 8.34. The van der Waals surface area contributed by atoms with Gasteiger partial charge in [-0.25, -0.2) is 4.98 Å². The number of rotatable bonds is 7. The van der Waals surface area contributed by atoms with Crippen LogP contribution in [0.3, 0.4) is 0 Å². The molecule has 3 rings (SSSR count). The highest BCUT2D eigenvalue weighted by atomic mass is 16.5. The highest BCUT2D eigenvalue weighted by Gasteiger charge is 2.12. The summed E-state index contributed by atoms with van der Waals surface area (Å²) in [6.07, 6.45) is 3.28. The molecule has 0 amide bonds. The van der Waals surface area contributed by atoms with Crippen molar-refractivity contribution in [1.82, 2.24) is 9.55 Å². The number of nitrogens with zero attached hydrogens (tertiary/aromatic N) is 2. The van der Waals surface area contributed by atoms with Crippen LogP contribution in [-0.2, 0) is 0 Å². The van der Waals surface area contributed by atoms with Gasteiger partial charge in [0.25, 0.3) is 5.56 Å². The van der Waals surface area contributed by atoms with Crippen LogP contribution >= 0.6 is 0 Å². The number of hydrogen-bond acceptors (Lipinski definition) is 4. The van der Waals surface area contributed by atoms with Crippen LogP contribution < -0.4 is 15.6 Å². The van der Waals surface area contributed by atoms with Gasteiger partial charge in [0, 0.05) is 18.9 Å². The van der Waals surface area contributed by atoms with E-state index in [1.165, 1.54) is 5.56 Å². The van der Waals surface area contributed by atoms with E-state index >= 15 is 0 Å².